The number of benzene rings is 1. The average molecular weight is 254 g/mol. The van der Waals surface area contributed by atoms with E-state index in [-0.39, 0.29) is 11.7 Å². The first kappa shape index (κ1) is 13.0. The second-order valence-corrected chi connectivity index (χ2v) is 4.19. The van der Waals surface area contributed by atoms with Gasteiger partial charge in [0.1, 0.15) is 5.82 Å². The minimum Gasteiger partial charge on any atom is -0.296 e. The molecule has 1 aromatic heterocycles. The maximum atomic E-state index is 12.2. The Morgan fingerprint density at radius 2 is 1.63 bits per heavy atom. The van der Waals surface area contributed by atoms with Gasteiger partial charge in [-0.15, -0.1) is 0 Å². The minimum absolute atomic E-state index is 0.0166. The van der Waals surface area contributed by atoms with Gasteiger partial charge < -0.3 is 0 Å². The third kappa shape index (κ3) is 2.85. The van der Waals surface area contributed by atoms with Crippen LogP contribution in [0, 0.1) is 0 Å². The molecule has 1 aromatic carbocycles. The van der Waals surface area contributed by atoms with Gasteiger partial charge in [-0.3, -0.25) is 14.5 Å². The molecular formula is C15H14N2O2. The van der Waals surface area contributed by atoms with Crippen LogP contribution < -0.4 is 4.90 Å². The van der Waals surface area contributed by atoms with Crippen LogP contribution in [0.15, 0.2) is 48.7 Å². The highest BCUT2D eigenvalue weighted by atomic mass is 16.2. The van der Waals surface area contributed by atoms with Crippen LogP contribution in [0.4, 0.5) is 5.82 Å². The van der Waals surface area contributed by atoms with Crippen molar-refractivity contribution < 1.29 is 9.59 Å². The highest BCUT2D eigenvalue weighted by molar-refractivity contribution is 6.05. The molecule has 0 aliphatic heterocycles. The summed E-state index contributed by atoms with van der Waals surface area (Å²) in [6.07, 6.45) is 1.64. The lowest BCUT2D eigenvalue weighted by atomic mass is 10.1. The van der Waals surface area contributed by atoms with Crippen LogP contribution in [0.5, 0.6) is 0 Å². The molecule has 0 saturated carbocycles. The summed E-state index contributed by atoms with van der Waals surface area (Å²) < 4.78 is 0. The van der Waals surface area contributed by atoms with E-state index < -0.39 is 0 Å². The van der Waals surface area contributed by atoms with E-state index in [1.807, 2.05) is 6.07 Å². The maximum absolute atomic E-state index is 12.2. The van der Waals surface area contributed by atoms with E-state index in [0.717, 1.165) is 0 Å². The number of hydrogen-bond donors (Lipinski definition) is 0. The molecule has 0 unspecified atom stereocenters. The number of carbonyl (C=O) groups excluding carboxylic acids is 2. The summed E-state index contributed by atoms with van der Waals surface area (Å²) in [6.45, 7) is 1.50. The summed E-state index contributed by atoms with van der Waals surface area (Å²) in [6, 6.07) is 12.0. The van der Waals surface area contributed by atoms with E-state index >= 15 is 0 Å². The van der Waals surface area contributed by atoms with Crippen molar-refractivity contribution in [3.63, 3.8) is 0 Å². The van der Waals surface area contributed by atoms with Gasteiger partial charge in [0.2, 0.25) is 0 Å². The number of anilines is 1. The van der Waals surface area contributed by atoms with Crippen LogP contribution in [0.25, 0.3) is 0 Å². The number of Topliss-reactive ketones (excluding diaryl/α,β-unsaturated/α-hetero) is 1. The van der Waals surface area contributed by atoms with Crippen molar-refractivity contribution in [2.45, 2.75) is 6.92 Å². The molecule has 1 amide bonds. The first-order chi connectivity index (χ1) is 9.09. The molecule has 2 rings (SSSR count). The zero-order valence-corrected chi connectivity index (χ0v) is 10.8. The normalized spacial score (nSPS) is 10.0. The summed E-state index contributed by atoms with van der Waals surface area (Å²) in [5.41, 5.74) is 1.12. The Morgan fingerprint density at radius 1 is 1.00 bits per heavy atom. The fourth-order valence-corrected chi connectivity index (χ4v) is 1.70. The molecule has 0 fully saturated rings. The molecule has 19 heavy (non-hydrogen) atoms. The van der Waals surface area contributed by atoms with Crippen LogP contribution in [0.2, 0.25) is 0 Å². The largest absolute Gasteiger partial charge is 0.296 e. The molecule has 4 nitrogen and oxygen atoms in total. The maximum Gasteiger partial charge on any atom is 0.259 e. The number of ketones is 1. The van der Waals surface area contributed by atoms with Gasteiger partial charge in [-0.2, -0.15) is 0 Å². The van der Waals surface area contributed by atoms with Crippen molar-refractivity contribution in [3.05, 3.63) is 59.8 Å². The summed E-state index contributed by atoms with van der Waals surface area (Å²) in [5.74, 6) is 0.411. The molecule has 0 saturated heterocycles. The highest BCUT2D eigenvalue weighted by Gasteiger charge is 2.14. The molecule has 1 heterocycles. The molecule has 4 heteroatoms. The highest BCUT2D eigenvalue weighted by Crippen LogP contribution is 2.13. The topological polar surface area (TPSA) is 50.3 Å². The molecule has 0 bridgehead atoms. The molecule has 0 spiro atoms. The first-order valence-electron chi connectivity index (χ1n) is 5.89. The van der Waals surface area contributed by atoms with Crippen LogP contribution in [-0.2, 0) is 0 Å². The van der Waals surface area contributed by atoms with E-state index in [1.165, 1.54) is 11.8 Å². The van der Waals surface area contributed by atoms with Gasteiger partial charge in [0.05, 0.1) is 0 Å². The Labute approximate surface area is 111 Å². The van der Waals surface area contributed by atoms with E-state index in [1.54, 1.807) is 49.6 Å². The van der Waals surface area contributed by atoms with Gasteiger partial charge in [0, 0.05) is 24.4 Å². The van der Waals surface area contributed by atoms with Crippen molar-refractivity contribution in [1.82, 2.24) is 4.98 Å². The molecular weight excluding hydrogens is 240 g/mol. The predicted molar refractivity (Wildman–Crippen MR) is 73.4 cm³/mol. The summed E-state index contributed by atoms with van der Waals surface area (Å²) in [4.78, 5) is 29.0. The van der Waals surface area contributed by atoms with Gasteiger partial charge in [-0.1, -0.05) is 18.2 Å². The molecule has 0 aliphatic carbocycles. The zero-order valence-electron chi connectivity index (χ0n) is 10.8. The molecule has 2 aromatic rings. The Hall–Kier alpha value is -2.49. The van der Waals surface area contributed by atoms with Gasteiger partial charge in [-0.25, -0.2) is 4.98 Å². The first-order valence-corrected chi connectivity index (χ1v) is 5.89. The summed E-state index contributed by atoms with van der Waals surface area (Å²) in [5, 5.41) is 0. The van der Waals surface area contributed by atoms with Crippen LogP contribution in [0.3, 0.4) is 0 Å². The van der Waals surface area contributed by atoms with Crippen molar-refractivity contribution in [2.24, 2.45) is 0 Å². The number of nitrogens with zero attached hydrogens (tertiary/aromatic N) is 2. The van der Waals surface area contributed by atoms with Gasteiger partial charge in [0.25, 0.3) is 5.91 Å². The standard InChI is InChI=1S/C15H14N2O2/c1-11(18)12-6-8-13(9-7-12)15(19)17(2)14-5-3-4-10-16-14/h3-10H,1-2H3. The lowest BCUT2D eigenvalue weighted by Crippen LogP contribution is -2.26. The third-order valence-corrected chi connectivity index (χ3v) is 2.84. The van der Waals surface area contributed by atoms with E-state index in [0.29, 0.717) is 16.9 Å². The number of aromatic nitrogens is 1. The van der Waals surface area contributed by atoms with Crippen molar-refractivity contribution >= 4 is 17.5 Å². The molecule has 0 aliphatic rings. The second-order valence-electron chi connectivity index (χ2n) is 4.19. The SMILES string of the molecule is CC(=O)c1ccc(C(=O)N(C)c2ccccn2)cc1. The minimum atomic E-state index is -0.159. The van der Waals surface area contributed by atoms with E-state index in [2.05, 4.69) is 4.98 Å². The molecule has 96 valence electrons. The van der Waals surface area contributed by atoms with Gasteiger partial charge in [-0.05, 0) is 31.2 Å². The van der Waals surface area contributed by atoms with E-state index in [9.17, 15) is 9.59 Å². The molecule has 0 radical (unpaired) electrons. The molecule has 0 atom stereocenters. The fraction of sp³-hybridized carbons (Fsp3) is 0.133. The monoisotopic (exact) mass is 254 g/mol. The Morgan fingerprint density at radius 3 is 2.16 bits per heavy atom. The number of hydrogen-bond acceptors (Lipinski definition) is 3. The van der Waals surface area contributed by atoms with Gasteiger partial charge in [0.15, 0.2) is 5.78 Å². The van der Waals surface area contributed by atoms with Crippen LogP contribution in [-0.4, -0.2) is 23.7 Å². The Balaban J connectivity index is 2.22. The lowest BCUT2D eigenvalue weighted by Gasteiger charge is -2.16. The third-order valence-electron chi connectivity index (χ3n) is 2.84. The number of pyridine rings is 1. The second kappa shape index (κ2) is 5.44. The zero-order chi connectivity index (χ0) is 13.8. The number of rotatable bonds is 3. The van der Waals surface area contributed by atoms with Crippen LogP contribution >= 0.6 is 0 Å². The Bertz CT molecular complexity index is 591. The predicted octanol–water partition coefficient (Wildman–Crippen LogP) is 2.56. The van der Waals surface area contributed by atoms with Crippen molar-refractivity contribution in [2.75, 3.05) is 11.9 Å². The lowest BCUT2D eigenvalue weighted by molar-refractivity contribution is 0.0987. The number of amides is 1. The summed E-state index contributed by atoms with van der Waals surface area (Å²) in [7, 11) is 1.67. The van der Waals surface area contributed by atoms with Crippen molar-refractivity contribution in [3.8, 4) is 0 Å². The fourth-order valence-electron chi connectivity index (χ4n) is 1.70. The molecule has 0 N–H and O–H groups in total. The van der Waals surface area contributed by atoms with Crippen molar-refractivity contribution in [1.29, 1.82) is 0 Å². The van der Waals surface area contributed by atoms with Crippen LogP contribution in [0.1, 0.15) is 27.6 Å². The quantitative estimate of drug-likeness (QED) is 0.791. The smallest absolute Gasteiger partial charge is 0.259 e. The van der Waals surface area contributed by atoms with E-state index in [4.69, 9.17) is 0 Å². The summed E-state index contributed by atoms with van der Waals surface area (Å²) >= 11 is 0. The van der Waals surface area contributed by atoms with Gasteiger partial charge >= 0.3 is 0 Å². The number of carbonyl (C=O) groups is 2. The Kier molecular flexibility index (Phi) is 3.71. The average Bonchev–Trinajstić information content (AvgIpc) is 2.46.